The molecule has 0 aliphatic carbocycles. The highest BCUT2D eigenvalue weighted by atomic mass is 32.1. The van der Waals surface area contributed by atoms with Crippen LogP contribution in [0.4, 0.5) is 0 Å². The highest BCUT2D eigenvalue weighted by Crippen LogP contribution is 2.41. The number of hydrogen-bond donors (Lipinski definition) is 1. The third-order valence-electron chi connectivity index (χ3n) is 3.08. The number of rotatable bonds is 2. The second kappa shape index (κ2) is 4.59. The summed E-state index contributed by atoms with van der Waals surface area (Å²) in [6, 6.07) is 5.74. The largest absolute Gasteiger partial charge is 0.497 e. The fourth-order valence-corrected chi connectivity index (χ4v) is 2.83. The number of nitrogens with zero attached hydrogens (tertiary/aromatic N) is 1. The number of hydrogen-bond acceptors (Lipinski definition) is 5. The number of ether oxygens (including phenoxy) is 2. The molecule has 0 amide bonds. The molecule has 0 saturated heterocycles. The molecule has 1 aliphatic heterocycles. The van der Waals surface area contributed by atoms with Gasteiger partial charge in [-0.15, -0.1) is 11.3 Å². The smallest absolute Gasteiger partial charge is 0.152 e. The van der Waals surface area contributed by atoms with Crippen LogP contribution in [0.5, 0.6) is 11.5 Å². The molecule has 0 bridgehead atoms. The molecule has 1 unspecified atom stereocenters. The minimum atomic E-state index is -0.0559. The van der Waals surface area contributed by atoms with Gasteiger partial charge in [0.05, 0.1) is 7.11 Å². The van der Waals surface area contributed by atoms with Gasteiger partial charge in [-0.1, -0.05) is 6.07 Å². The van der Waals surface area contributed by atoms with Crippen molar-refractivity contribution in [3.63, 3.8) is 0 Å². The molecule has 2 heterocycles. The Morgan fingerprint density at radius 3 is 3.11 bits per heavy atom. The van der Waals surface area contributed by atoms with Gasteiger partial charge in [-0.05, 0) is 6.07 Å². The van der Waals surface area contributed by atoms with Crippen molar-refractivity contribution in [1.29, 1.82) is 0 Å². The van der Waals surface area contributed by atoms with Gasteiger partial charge in [0.25, 0.3) is 0 Å². The number of benzene rings is 1. The van der Waals surface area contributed by atoms with E-state index in [1.54, 1.807) is 24.6 Å². The van der Waals surface area contributed by atoms with Gasteiger partial charge in [-0.3, -0.25) is 0 Å². The molecule has 0 saturated carbocycles. The second-order valence-corrected chi connectivity index (χ2v) is 5.15. The van der Waals surface area contributed by atoms with Gasteiger partial charge in [-0.25, -0.2) is 4.98 Å². The first-order chi connectivity index (χ1) is 8.78. The average molecular weight is 262 g/mol. The number of thiazole rings is 1. The van der Waals surface area contributed by atoms with Crippen LogP contribution in [0.1, 0.15) is 29.1 Å². The summed E-state index contributed by atoms with van der Waals surface area (Å²) in [7, 11) is 1.64. The molecule has 1 aromatic heterocycles. The fraction of sp³-hybridized carbons (Fsp3) is 0.308. The Morgan fingerprint density at radius 1 is 1.50 bits per heavy atom. The van der Waals surface area contributed by atoms with Gasteiger partial charge in [-0.2, -0.15) is 0 Å². The van der Waals surface area contributed by atoms with Crippen molar-refractivity contribution in [3.05, 3.63) is 40.3 Å². The summed E-state index contributed by atoms with van der Waals surface area (Å²) in [6.07, 6.45) is 2.49. The third kappa shape index (κ3) is 1.95. The van der Waals surface area contributed by atoms with Crippen molar-refractivity contribution in [2.45, 2.75) is 18.6 Å². The van der Waals surface area contributed by atoms with Gasteiger partial charge in [0.1, 0.15) is 16.5 Å². The van der Waals surface area contributed by atoms with E-state index in [4.69, 9.17) is 15.2 Å². The lowest BCUT2D eigenvalue weighted by Gasteiger charge is -2.29. The Labute approximate surface area is 109 Å². The zero-order chi connectivity index (χ0) is 12.5. The van der Waals surface area contributed by atoms with Gasteiger partial charge < -0.3 is 15.2 Å². The molecule has 94 valence electrons. The van der Waals surface area contributed by atoms with Crippen molar-refractivity contribution >= 4 is 11.3 Å². The van der Waals surface area contributed by atoms with Crippen LogP contribution in [-0.2, 0) is 0 Å². The molecular formula is C13H14N2O2S. The third-order valence-corrected chi connectivity index (χ3v) is 3.95. The Morgan fingerprint density at radius 2 is 2.39 bits per heavy atom. The molecule has 1 aliphatic rings. The summed E-state index contributed by atoms with van der Waals surface area (Å²) < 4.78 is 11.2. The molecule has 2 atom stereocenters. The maximum atomic E-state index is 6.19. The van der Waals surface area contributed by atoms with Gasteiger partial charge in [0.15, 0.2) is 6.10 Å². The van der Waals surface area contributed by atoms with Crippen molar-refractivity contribution in [3.8, 4) is 11.5 Å². The molecule has 2 N–H and O–H groups in total. The van der Waals surface area contributed by atoms with E-state index >= 15 is 0 Å². The molecule has 5 heteroatoms. The zero-order valence-corrected chi connectivity index (χ0v) is 10.8. The van der Waals surface area contributed by atoms with Crippen LogP contribution in [0.3, 0.4) is 0 Å². The SMILES string of the molecule is COc1ccc2c(c1)OC(c1nccs1)C[C@@H]2N. The Hall–Kier alpha value is -1.59. The van der Waals surface area contributed by atoms with E-state index in [9.17, 15) is 0 Å². The van der Waals surface area contributed by atoms with Gasteiger partial charge >= 0.3 is 0 Å². The monoisotopic (exact) mass is 262 g/mol. The number of methoxy groups -OCH3 is 1. The van der Waals surface area contributed by atoms with E-state index in [-0.39, 0.29) is 12.1 Å². The first-order valence-corrected chi connectivity index (χ1v) is 6.65. The van der Waals surface area contributed by atoms with Crippen molar-refractivity contribution in [2.24, 2.45) is 5.73 Å². The Balaban J connectivity index is 1.95. The molecule has 1 aromatic carbocycles. The summed E-state index contributed by atoms with van der Waals surface area (Å²) in [5, 5.41) is 2.92. The van der Waals surface area contributed by atoms with Crippen LogP contribution < -0.4 is 15.2 Å². The molecule has 0 fully saturated rings. The normalized spacial score (nSPS) is 22.1. The van der Waals surface area contributed by atoms with Crippen molar-refractivity contribution in [1.82, 2.24) is 4.98 Å². The predicted molar refractivity (Wildman–Crippen MR) is 70.0 cm³/mol. The second-order valence-electron chi connectivity index (χ2n) is 4.22. The maximum absolute atomic E-state index is 6.19. The highest BCUT2D eigenvalue weighted by molar-refractivity contribution is 7.09. The van der Waals surface area contributed by atoms with E-state index in [1.807, 2.05) is 23.6 Å². The topological polar surface area (TPSA) is 57.4 Å². The maximum Gasteiger partial charge on any atom is 0.152 e. The Kier molecular flexibility index (Phi) is 2.93. The lowest BCUT2D eigenvalue weighted by molar-refractivity contribution is 0.160. The predicted octanol–water partition coefficient (Wildman–Crippen LogP) is 2.68. The van der Waals surface area contributed by atoms with E-state index in [2.05, 4.69) is 4.98 Å². The fourth-order valence-electron chi connectivity index (χ4n) is 2.15. The highest BCUT2D eigenvalue weighted by Gasteiger charge is 2.28. The first kappa shape index (κ1) is 11.5. The summed E-state index contributed by atoms with van der Waals surface area (Å²) in [5.41, 5.74) is 7.22. The van der Waals surface area contributed by atoms with Gasteiger partial charge in [0, 0.05) is 35.7 Å². The van der Waals surface area contributed by atoms with Crippen LogP contribution in [0.25, 0.3) is 0 Å². The lowest BCUT2D eigenvalue weighted by Crippen LogP contribution is -2.24. The minimum absolute atomic E-state index is 0.0199. The summed E-state index contributed by atoms with van der Waals surface area (Å²) >= 11 is 1.59. The summed E-state index contributed by atoms with van der Waals surface area (Å²) in [6.45, 7) is 0. The average Bonchev–Trinajstić information content (AvgIpc) is 2.91. The number of fused-ring (bicyclic) bond motifs is 1. The lowest BCUT2D eigenvalue weighted by atomic mass is 9.97. The molecular weight excluding hydrogens is 248 g/mol. The van der Waals surface area contributed by atoms with E-state index in [1.165, 1.54) is 0 Å². The minimum Gasteiger partial charge on any atom is -0.497 e. The van der Waals surface area contributed by atoms with Crippen LogP contribution in [0.15, 0.2) is 29.8 Å². The molecule has 2 aromatic rings. The van der Waals surface area contributed by atoms with E-state index < -0.39 is 0 Å². The Bertz CT molecular complexity index is 542. The molecule has 0 spiro atoms. The quantitative estimate of drug-likeness (QED) is 0.904. The number of aromatic nitrogens is 1. The summed E-state index contributed by atoms with van der Waals surface area (Å²) in [4.78, 5) is 4.30. The molecule has 0 radical (unpaired) electrons. The standard InChI is InChI=1S/C13H14N2O2S/c1-16-8-2-3-9-10(14)7-12(17-11(9)6-8)13-15-4-5-18-13/h2-6,10,12H,7,14H2,1H3/t10-,12?/m0/s1. The van der Waals surface area contributed by atoms with Crippen LogP contribution in [0, 0.1) is 0 Å². The van der Waals surface area contributed by atoms with Crippen LogP contribution >= 0.6 is 11.3 Å². The van der Waals surface area contributed by atoms with E-state index in [0.717, 1.165) is 28.5 Å². The first-order valence-electron chi connectivity index (χ1n) is 5.77. The van der Waals surface area contributed by atoms with Crippen molar-refractivity contribution < 1.29 is 9.47 Å². The molecule has 18 heavy (non-hydrogen) atoms. The summed E-state index contributed by atoms with van der Waals surface area (Å²) in [5.74, 6) is 1.58. The zero-order valence-electron chi connectivity index (χ0n) is 10.00. The van der Waals surface area contributed by atoms with Crippen LogP contribution in [0.2, 0.25) is 0 Å². The van der Waals surface area contributed by atoms with Crippen molar-refractivity contribution in [2.75, 3.05) is 7.11 Å². The van der Waals surface area contributed by atoms with E-state index in [0.29, 0.717) is 0 Å². The number of nitrogens with two attached hydrogens (primary N) is 1. The van der Waals surface area contributed by atoms with Gasteiger partial charge in [0.2, 0.25) is 0 Å². The molecule has 3 rings (SSSR count). The van der Waals surface area contributed by atoms with Crippen LogP contribution in [-0.4, -0.2) is 12.1 Å². The molecule has 4 nitrogen and oxygen atoms in total.